The summed E-state index contributed by atoms with van der Waals surface area (Å²) in [5, 5.41) is 11.2. The van der Waals surface area contributed by atoms with Crippen molar-refractivity contribution in [3.8, 4) is 17.0 Å². The summed E-state index contributed by atoms with van der Waals surface area (Å²) >= 11 is 0. The summed E-state index contributed by atoms with van der Waals surface area (Å²) in [4.78, 5) is 48.1. The molecule has 7 heteroatoms. The van der Waals surface area contributed by atoms with Gasteiger partial charge in [-0.15, -0.1) is 0 Å². The van der Waals surface area contributed by atoms with Crippen LogP contribution in [0.1, 0.15) is 62.5 Å². The van der Waals surface area contributed by atoms with Crippen LogP contribution in [-0.4, -0.2) is 51.3 Å². The summed E-state index contributed by atoms with van der Waals surface area (Å²) < 4.78 is 6.78. The molecule has 7 nitrogen and oxygen atoms in total. The highest BCUT2D eigenvalue weighted by molar-refractivity contribution is 5.95. The van der Waals surface area contributed by atoms with Crippen molar-refractivity contribution in [2.24, 2.45) is 17.3 Å². The minimum absolute atomic E-state index is 0.0433. The van der Waals surface area contributed by atoms with Crippen LogP contribution in [0.5, 0.6) is 5.75 Å². The van der Waals surface area contributed by atoms with Gasteiger partial charge in [-0.25, -0.2) is 4.98 Å². The van der Waals surface area contributed by atoms with Crippen LogP contribution in [0.25, 0.3) is 22.2 Å². The molecule has 1 saturated heterocycles. The Hall–Kier alpha value is -4.78. The summed E-state index contributed by atoms with van der Waals surface area (Å²) in [5.41, 5.74) is 3.65. The number of hydrogen-bond donors (Lipinski definition) is 1. The zero-order valence-corrected chi connectivity index (χ0v) is 28.1. The third kappa shape index (κ3) is 7.03. The number of hydrogen-bond acceptors (Lipinski definition) is 5. The quantitative estimate of drug-likeness (QED) is 0.211. The summed E-state index contributed by atoms with van der Waals surface area (Å²) in [6.07, 6.45) is 9.42. The van der Waals surface area contributed by atoms with Crippen LogP contribution in [0.3, 0.4) is 0 Å². The SMILES string of the molecule is Cc1ccc2c(O[C@@H]3C[C@H]4C(=O)C[C@]5(C(=O)O)C[C@@H]5/C=C\CCCCC[C@H](Cc5ccccc5)C(=O)N4C3)cc(-c3ccccc3)nc2c1. The number of rotatable bonds is 6. The highest BCUT2D eigenvalue weighted by atomic mass is 16.5. The number of nitrogens with zero attached hydrogens (tertiary/aromatic N) is 2. The summed E-state index contributed by atoms with van der Waals surface area (Å²) in [7, 11) is 0. The van der Waals surface area contributed by atoms with Crippen molar-refractivity contribution < 1.29 is 24.2 Å². The van der Waals surface area contributed by atoms with Crippen molar-refractivity contribution in [1.29, 1.82) is 0 Å². The Kier molecular flexibility index (Phi) is 9.35. The number of Topliss-reactive ketones (excluding diaryl/α,β-unsaturated/α-hetero) is 1. The lowest BCUT2D eigenvalue weighted by Gasteiger charge is -2.29. The summed E-state index contributed by atoms with van der Waals surface area (Å²) in [5.74, 6) is -0.951. The average Bonchev–Trinajstić information content (AvgIpc) is 3.64. The molecule has 1 amide bonds. The van der Waals surface area contributed by atoms with Crippen LogP contribution in [-0.2, 0) is 20.8 Å². The summed E-state index contributed by atoms with van der Waals surface area (Å²) in [6, 6.07) is 27.3. The Morgan fingerprint density at radius 3 is 2.53 bits per heavy atom. The number of fused-ring (bicyclic) bond motifs is 3. The maximum Gasteiger partial charge on any atom is 0.310 e. The molecule has 0 unspecified atom stereocenters. The molecule has 3 aliphatic rings. The predicted octanol–water partition coefficient (Wildman–Crippen LogP) is 7.99. The molecule has 7 rings (SSSR count). The molecule has 252 valence electrons. The van der Waals surface area contributed by atoms with Gasteiger partial charge in [-0.05, 0) is 68.2 Å². The lowest BCUT2D eigenvalue weighted by Crippen LogP contribution is -2.45. The van der Waals surface area contributed by atoms with Crippen molar-refractivity contribution in [2.75, 3.05) is 6.54 Å². The van der Waals surface area contributed by atoms with Crippen molar-refractivity contribution >= 4 is 28.6 Å². The Balaban J connectivity index is 1.23. The van der Waals surface area contributed by atoms with E-state index in [0.717, 1.165) is 65.4 Å². The number of carbonyl (C=O) groups excluding carboxylic acids is 2. The van der Waals surface area contributed by atoms with Crippen LogP contribution >= 0.6 is 0 Å². The molecule has 0 spiro atoms. The number of carboxylic acids is 1. The van der Waals surface area contributed by atoms with Gasteiger partial charge in [-0.2, -0.15) is 0 Å². The molecule has 3 heterocycles. The number of aryl methyl sites for hydroxylation is 1. The molecule has 0 radical (unpaired) electrons. The van der Waals surface area contributed by atoms with Gasteiger partial charge in [-0.1, -0.05) is 91.7 Å². The predicted molar refractivity (Wildman–Crippen MR) is 190 cm³/mol. The minimum atomic E-state index is -1.10. The Labute approximate surface area is 288 Å². The zero-order chi connectivity index (χ0) is 34.0. The number of benzene rings is 3. The fourth-order valence-electron chi connectivity index (χ4n) is 7.85. The van der Waals surface area contributed by atoms with Crippen LogP contribution in [0.4, 0.5) is 0 Å². The third-order valence-corrected chi connectivity index (χ3v) is 10.7. The van der Waals surface area contributed by atoms with E-state index in [1.165, 1.54) is 0 Å². The van der Waals surface area contributed by atoms with E-state index in [1.54, 1.807) is 4.90 Å². The van der Waals surface area contributed by atoms with Gasteiger partial charge in [-0.3, -0.25) is 14.4 Å². The number of ketones is 1. The maximum absolute atomic E-state index is 14.6. The van der Waals surface area contributed by atoms with Crippen molar-refractivity contribution in [2.45, 2.75) is 76.9 Å². The van der Waals surface area contributed by atoms with Crippen molar-refractivity contribution in [1.82, 2.24) is 9.88 Å². The normalized spacial score (nSPS) is 26.7. The Morgan fingerprint density at radius 1 is 0.980 bits per heavy atom. The number of aromatic nitrogens is 1. The standard InChI is InChI=1S/C42H44N2O5/c1-28-19-20-34-36(21-28)43-35(30-15-10-6-11-16-30)24-39(34)49-33-23-37-38(45)26-42(41(47)48)25-32(42)18-12-4-2-3-9-17-31(40(46)44(37)27-33)22-29-13-7-5-8-14-29/h5-8,10-16,18-21,24,31-33,37H,2-4,9,17,22-23,25-27H2,1H3,(H,47,48)/b18-12-/t31-,32+,33-,37+,42-/m1/s1. The largest absolute Gasteiger partial charge is 0.488 e. The number of carboxylic acid groups (broad SMARTS) is 1. The number of amides is 1. The molecular formula is C42H44N2O5. The smallest absolute Gasteiger partial charge is 0.310 e. The molecule has 1 N–H and O–H groups in total. The Bertz CT molecular complexity index is 1870. The lowest BCUT2D eigenvalue weighted by atomic mass is 9.90. The second-order valence-corrected chi connectivity index (χ2v) is 14.2. The van der Waals surface area contributed by atoms with Crippen molar-refractivity contribution in [3.05, 3.63) is 108 Å². The first-order valence-electron chi connectivity index (χ1n) is 17.7. The lowest BCUT2D eigenvalue weighted by molar-refractivity contribution is -0.147. The van der Waals surface area contributed by atoms with E-state index in [1.807, 2.05) is 85.8 Å². The minimum Gasteiger partial charge on any atom is -0.488 e. The van der Waals surface area contributed by atoms with Gasteiger partial charge in [0.2, 0.25) is 5.91 Å². The van der Waals surface area contributed by atoms with E-state index in [9.17, 15) is 19.5 Å². The molecule has 4 aromatic rings. The van der Waals surface area contributed by atoms with Gasteiger partial charge in [0.25, 0.3) is 0 Å². The van der Waals surface area contributed by atoms with Crippen LogP contribution in [0, 0.1) is 24.2 Å². The second-order valence-electron chi connectivity index (χ2n) is 14.2. The van der Waals surface area contributed by atoms with E-state index >= 15 is 0 Å². The highest BCUT2D eigenvalue weighted by Gasteiger charge is 2.61. The number of carbonyl (C=O) groups is 3. The van der Waals surface area contributed by atoms with E-state index in [0.29, 0.717) is 25.0 Å². The van der Waals surface area contributed by atoms with E-state index < -0.39 is 23.5 Å². The molecular weight excluding hydrogens is 612 g/mol. The van der Waals surface area contributed by atoms with Crippen molar-refractivity contribution in [3.63, 3.8) is 0 Å². The molecule has 2 fully saturated rings. The average molecular weight is 657 g/mol. The van der Waals surface area contributed by atoms with Gasteiger partial charge in [0.15, 0.2) is 5.78 Å². The third-order valence-electron chi connectivity index (χ3n) is 10.7. The molecule has 5 atom stereocenters. The topological polar surface area (TPSA) is 96.8 Å². The molecule has 1 saturated carbocycles. The first-order valence-corrected chi connectivity index (χ1v) is 17.7. The van der Waals surface area contributed by atoms with Gasteiger partial charge >= 0.3 is 5.97 Å². The molecule has 3 aromatic carbocycles. The molecule has 1 aromatic heterocycles. The van der Waals surface area contributed by atoms with E-state index in [2.05, 4.69) is 18.2 Å². The first kappa shape index (κ1) is 32.8. The fourth-order valence-corrected chi connectivity index (χ4v) is 7.85. The van der Waals surface area contributed by atoms with Gasteiger partial charge in [0, 0.05) is 35.8 Å². The van der Waals surface area contributed by atoms with E-state index in [4.69, 9.17) is 9.72 Å². The van der Waals surface area contributed by atoms with Gasteiger partial charge in [0.05, 0.1) is 29.2 Å². The van der Waals surface area contributed by atoms with Gasteiger partial charge in [0.1, 0.15) is 11.9 Å². The van der Waals surface area contributed by atoms with Crippen LogP contribution < -0.4 is 4.74 Å². The zero-order valence-electron chi connectivity index (χ0n) is 28.1. The number of ether oxygens (including phenoxy) is 1. The second kappa shape index (κ2) is 14.0. The van der Waals surface area contributed by atoms with E-state index in [-0.39, 0.29) is 36.5 Å². The number of aliphatic carboxylic acids is 1. The first-order chi connectivity index (χ1) is 23.8. The van der Waals surface area contributed by atoms with Crippen LogP contribution in [0.15, 0.2) is 97.1 Å². The highest BCUT2D eigenvalue weighted by Crippen LogP contribution is 2.57. The monoisotopic (exact) mass is 656 g/mol. The maximum atomic E-state index is 14.6. The number of pyridine rings is 1. The van der Waals surface area contributed by atoms with Crippen LogP contribution in [0.2, 0.25) is 0 Å². The molecule has 1 aliphatic carbocycles. The fraction of sp³-hybridized carbons (Fsp3) is 0.381. The van der Waals surface area contributed by atoms with Gasteiger partial charge < -0.3 is 14.7 Å². The Morgan fingerprint density at radius 2 is 1.76 bits per heavy atom. The molecule has 0 bridgehead atoms. The molecule has 49 heavy (non-hydrogen) atoms. The summed E-state index contributed by atoms with van der Waals surface area (Å²) in [6.45, 7) is 2.30. The molecule has 2 aliphatic heterocycles. The number of allylic oxidation sites excluding steroid dienone is 2.